The summed E-state index contributed by atoms with van der Waals surface area (Å²) < 4.78 is 5.73. The number of hydrogen-bond donors (Lipinski definition) is 3. The number of likely N-dealkylation sites (N-methyl/N-ethyl adjacent to an activating group) is 1. The summed E-state index contributed by atoms with van der Waals surface area (Å²) >= 11 is 0. The first-order valence-electron chi connectivity index (χ1n) is 14.3. The van der Waals surface area contributed by atoms with E-state index in [2.05, 4.69) is 34.9 Å². The number of aliphatic carboxylic acids is 1. The van der Waals surface area contributed by atoms with Crippen LogP contribution < -0.4 is 10.6 Å². The zero-order valence-corrected chi connectivity index (χ0v) is 23.3. The van der Waals surface area contributed by atoms with Crippen LogP contribution in [0.4, 0.5) is 4.79 Å². The number of carbonyl (C=O) groups excluding carboxylic acids is 2. The maximum Gasteiger partial charge on any atom is 0.407 e. The van der Waals surface area contributed by atoms with Gasteiger partial charge in [0.2, 0.25) is 5.91 Å². The summed E-state index contributed by atoms with van der Waals surface area (Å²) in [5.74, 6) is -1.73. The van der Waals surface area contributed by atoms with E-state index in [9.17, 15) is 19.5 Å². The molecule has 0 bridgehead atoms. The Bertz CT molecular complexity index is 1330. The van der Waals surface area contributed by atoms with Gasteiger partial charge in [-0.3, -0.25) is 14.5 Å². The normalized spacial score (nSPS) is 18.7. The Morgan fingerprint density at radius 1 is 0.927 bits per heavy atom. The molecule has 0 aliphatic heterocycles. The Labute approximate surface area is 240 Å². The van der Waals surface area contributed by atoms with Crippen molar-refractivity contribution >= 4 is 18.0 Å². The summed E-state index contributed by atoms with van der Waals surface area (Å²) in [7, 11) is 1.90. The van der Waals surface area contributed by atoms with Gasteiger partial charge < -0.3 is 20.5 Å². The van der Waals surface area contributed by atoms with Crippen LogP contribution in [0.1, 0.15) is 48.3 Å². The average molecular weight is 556 g/mol. The highest BCUT2D eigenvalue weighted by Crippen LogP contribution is 2.44. The summed E-state index contributed by atoms with van der Waals surface area (Å²) in [6.45, 7) is 1.01. The molecular formula is C33H37N3O5. The number of benzene rings is 3. The van der Waals surface area contributed by atoms with Crippen molar-refractivity contribution in [2.24, 2.45) is 5.92 Å². The molecule has 2 amide bonds. The fraction of sp³-hybridized carbons (Fsp3) is 0.364. The van der Waals surface area contributed by atoms with Crippen molar-refractivity contribution in [3.8, 4) is 11.1 Å². The van der Waals surface area contributed by atoms with Crippen LogP contribution in [0.3, 0.4) is 0 Å². The highest BCUT2D eigenvalue weighted by molar-refractivity contribution is 5.86. The number of rotatable bonds is 10. The largest absolute Gasteiger partial charge is 0.481 e. The van der Waals surface area contributed by atoms with Crippen LogP contribution in [-0.2, 0) is 20.9 Å². The van der Waals surface area contributed by atoms with E-state index in [1.807, 2.05) is 66.5 Å². The van der Waals surface area contributed by atoms with E-state index < -0.39 is 24.0 Å². The molecule has 2 aliphatic rings. The van der Waals surface area contributed by atoms with Crippen LogP contribution in [0.2, 0.25) is 0 Å². The number of carboxylic acid groups (broad SMARTS) is 1. The molecule has 8 heteroatoms. The Morgan fingerprint density at radius 3 is 2.22 bits per heavy atom. The lowest BCUT2D eigenvalue weighted by molar-refractivity contribution is -0.143. The Balaban J connectivity index is 1.25. The van der Waals surface area contributed by atoms with Crippen molar-refractivity contribution in [2.45, 2.75) is 50.2 Å². The van der Waals surface area contributed by atoms with Gasteiger partial charge in [-0.1, -0.05) is 85.3 Å². The molecule has 0 saturated heterocycles. The number of amides is 2. The first-order valence-corrected chi connectivity index (χ1v) is 14.3. The summed E-state index contributed by atoms with van der Waals surface area (Å²) in [6, 6.07) is 25.1. The minimum absolute atomic E-state index is 0.0867. The molecule has 0 heterocycles. The molecule has 0 spiro atoms. The van der Waals surface area contributed by atoms with E-state index in [1.165, 1.54) is 0 Å². The molecule has 1 fully saturated rings. The molecule has 5 rings (SSSR count). The van der Waals surface area contributed by atoms with Crippen LogP contribution >= 0.6 is 0 Å². The second-order valence-electron chi connectivity index (χ2n) is 11.1. The topological polar surface area (TPSA) is 108 Å². The second kappa shape index (κ2) is 13.0. The molecule has 0 radical (unpaired) electrons. The molecule has 3 N–H and O–H groups in total. The monoisotopic (exact) mass is 555 g/mol. The maximum absolute atomic E-state index is 13.4. The highest BCUT2D eigenvalue weighted by Gasteiger charge is 2.32. The van der Waals surface area contributed by atoms with Crippen LogP contribution in [0.5, 0.6) is 0 Å². The predicted molar refractivity (Wildman–Crippen MR) is 156 cm³/mol. The number of hydrogen-bond acceptors (Lipinski definition) is 5. The first kappa shape index (κ1) is 28.4. The first-order chi connectivity index (χ1) is 19.9. The van der Waals surface area contributed by atoms with E-state index in [0.29, 0.717) is 25.8 Å². The lowest BCUT2D eigenvalue weighted by atomic mass is 9.85. The molecule has 3 aromatic carbocycles. The van der Waals surface area contributed by atoms with Gasteiger partial charge in [-0.05, 0) is 54.1 Å². The SMILES string of the molecule is CN(Cc1ccccc1)CC(NC(=O)OCC1c2ccccc2-c2ccccc21)C(=O)NC1CCCC(C(=O)O)C1. The number of carbonyl (C=O) groups is 3. The van der Waals surface area contributed by atoms with Crippen molar-refractivity contribution in [1.29, 1.82) is 0 Å². The van der Waals surface area contributed by atoms with Crippen molar-refractivity contribution < 1.29 is 24.2 Å². The molecule has 3 atom stereocenters. The van der Waals surface area contributed by atoms with E-state index >= 15 is 0 Å². The minimum Gasteiger partial charge on any atom is -0.481 e. The fourth-order valence-electron chi connectivity index (χ4n) is 6.09. The van der Waals surface area contributed by atoms with E-state index in [1.54, 1.807) is 0 Å². The molecule has 214 valence electrons. The number of carboxylic acids is 1. The second-order valence-corrected chi connectivity index (χ2v) is 11.1. The Kier molecular flexibility index (Phi) is 8.99. The molecule has 3 unspecified atom stereocenters. The van der Waals surface area contributed by atoms with Gasteiger partial charge in [-0.15, -0.1) is 0 Å². The summed E-state index contributed by atoms with van der Waals surface area (Å²) in [5.41, 5.74) is 5.60. The minimum atomic E-state index is -0.871. The summed E-state index contributed by atoms with van der Waals surface area (Å²) in [5, 5.41) is 15.3. The van der Waals surface area contributed by atoms with Gasteiger partial charge in [-0.25, -0.2) is 4.79 Å². The third-order valence-corrected chi connectivity index (χ3v) is 8.11. The van der Waals surface area contributed by atoms with Crippen molar-refractivity contribution in [1.82, 2.24) is 15.5 Å². The lowest BCUT2D eigenvalue weighted by Crippen LogP contribution is -2.54. The third-order valence-electron chi connectivity index (χ3n) is 8.11. The number of nitrogens with one attached hydrogen (secondary N) is 2. The summed E-state index contributed by atoms with van der Waals surface area (Å²) in [6.07, 6.45) is 1.79. The maximum atomic E-state index is 13.4. The highest BCUT2D eigenvalue weighted by atomic mass is 16.5. The van der Waals surface area contributed by atoms with E-state index in [0.717, 1.165) is 34.2 Å². The van der Waals surface area contributed by atoms with Gasteiger partial charge in [0.1, 0.15) is 12.6 Å². The molecular weight excluding hydrogens is 518 g/mol. The molecule has 1 saturated carbocycles. The zero-order valence-electron chi connectivity index (χ0n) is 23.3. The number of ether oxygens (including phenoxy) is 1. The van der Waals surface area contributed by atoms with E-state index in [-0.39, 0.29) is 31.0 Å². The third kappa shape index (κ3) is 6.95. The number of alkyl carbamates (subject to hydrolysis) is 1. The molecule has 0 aromatic heterocycles. The van der Waals surface area contributed by atoms with Crippen LogP contribution in [0.15, 0.2) is 78.9 Å². The van der Waals surface area contributed by atoms with Crippen molar-refractivity contribution in [2.75, 3.05) is 20.2 Å². The summed E-state index contributed by atoms with van der Waals surface area (Å²) in [4.78, 5) is 40.0. The van der Waals surface area contributed by atoms with Crippen LogP contribution in [-0.4, -0.2) is 60.3 Å². The van der Waals surface area contributed by atoms with Crippen molar-refractivity contribution in [3.63, 3.8) is 0 Å². The van der Waals surface area contributed by atoms with Crippen molar-refractivity contribution in [3.05, 3.63) is 95.6 Å². The molecule has 2 aliphatic carbocycles. The number of fused-ring (bicyclic) bond motifs is 3. The number of nitrogens with zero attached hydrogens (tertiary/aromatic N) is 1. The standard InChI is InChI=1S/C33H37N3O5/c1-36(19-22-10-3-2-4-11-22)20-30(31(37)34-24-13-9-12-23(18-24)32(38)39)35-33(40)41-21-29-27-16-7-5-14-25(27)26-15-6-8-17-28(26)29/h2-8,10-11,14-17,23-24,29-30H,9,12-13,18-21H2,1H3,(H,34,37)(H,35,40)(H,38,39). The average Bonchev–Trinajstić information content (AvgIpc) is 3.30. The quantitative estimate of drug-likeness (QED) is 0.332. The predicted octanol–water partition coefficient (Wildman–Crippen LogP) is 4.79. The van der Waals surface area contributed by atoms with Gasteiger partial charge >= 0.3 is 12.1 Å². The van der Waals surface area contributed by atoms with Crippen LogP contribution in [0, 0.1) is 5.92 Å². The van der Waals surface area contributed by atoms with Gasteiger partial charge in [0.25, 0.3) is 0 Å². The van der Waals surface area contributed by atoms with Gasteiger partial charge in [0, 0.05) is 25.0 Å². The Morgan fingerprint density at radius 2 is 1.56 bits per heavy atom. The zero-order chi connectivity index (χ0) is 28.8. The van der Waals surface area contributed by atoms with Gasteiger partial charge in [0.05, 0.1) is 5.92 Å². The lowest BCUT2D eigenvalue weighted by Gasteiger charge is -2.30. The fourth-order valence-corrected chi connectivity index (χ4v) is 6.09. The molecule has 41 heavy (non-hydrogen) atoms. The van der Waals surface area contributed by atoms with Gasteiger partial charge in [-0.2, -0.15) is 0 Å². The molecule has 8 nitrogen and oxygen atoms in total. The molecule has 3 aromatic rings. The van der Waals surface area contributed by atoms with Gasteiger partial charge in [0.15, 0.2) is 0 Å². The Hall–Kier alpha value is -4.17. The van der Waals surface area contributed by atoms with Crippen LogP contribution in [0.25, 0.3) is 11.1 Å². The smallest absolute Gasteiger partial charge is 0.407 e. The van der Waals surface area contributed by atoms with E-state index in [4.69, 9.17) is 4.74 Å².